The van der Waals surface area contributed by atoms with Crippen LogP contribution in [0, 0.1) is 20.8 Å². The predicted octanol–water partition coefficient (Wildman–Crippen LogP) is 4.29. The number of carbonyl (C=O) groups is 1. The number of nitrogens with zero attached hydrogens (tertiary/aromatic N) is 1. The molecule has 0 aliphatic rings. The zero-order chi connectivity index (χ0) is 19.6. The van der Waals surface area contributed by atoms with Crippen LogP contribution in [0.1, 0.15) is 27.2 Å². The van der Waals surface area contributed by atoms with Gasteiger partial charge in [0.25, 0.3) is 5.91 Å². The van der Waals surface area contributed by atoms with E-state index in [4.69, 9.17) is 4.74 Å². The molecule has 0 saturated carbocycles. The van der Waals surface area contributed by atoms with E-state index in [1.165, 1.54) is 5.56 Å². The van der Waals surface area contributed by atoms with Gasteiger partial charge in [0.2, 0.25) is 0 Å². The average Bonchev–Trinajstić information content (AvgIpc) is 2.98. The molecular weight excluding hydrogens is 338 g/mol. The summed E-state index contributed by atoms with van der Waals surface area (Å²) in [4.78, 5) is 18.2. The number of aromatic nitrogens is 1. The number of rotatable bonds is 6. The smallest absolute Gasteiger partial charge is 0.272 e. The molecule has 0 aliphatic carbocycles. The van der Waals surface area contributed by atoms with E-state index in [-0.39, 0.29) is 5.91 Å². The Morgan fingerprint density at radius 2 is 1.70 bits per heavy atom. The van der Waals surface area contributed by atoms with Crippen molar-refractivity contribution >= 4 is 22.5 Å². The zero-order valence-electron chi connectivity index (χ0n) is 16.6. The Morgan fingerprint density at radius 1 is 1.04 bits per heavy atom. The van der Waals surface area contributed by atoms with Crippen molar-refractivity contribution in [3.05, 3.63) is 58.8 Å². The number of ether oxygens (including phenoxy) is 1. The van der Waals surface area contributed by atoms with Crippen molar-refractivity contribution in [1.29, 1.82) is 0 Å². The van der Waals surface area contributed by atoms with E-state index in [1.54, 1.807) is 0 Å². The molecule has 5 nitrogen and oxygen atoms in total. The molecule has 2 N–H and O–H groups in total. The van der Waals surface area contributed by atoms with E-state index in [2.05, 4.69) is 41.2 Å². The Balaban J connectivity index is 1.74. The number of fused-ring (bicyclic) bond motifs is 1. The number of carbonyl (C=O) groups excluding carboxylic acids is 1. The van der Waals surface area contributed by atoms with Crippen molar-refractivity contribution in [2.75, 3.05) is 32.6 Å². The number of benzene rings is 2. The largest absolute Gasteiger partial charge is 0.492 e. The van der Waals surface area contributed by atoms with Crippen LogP contribution < -0.4 is 10.1 Å². The molecule has 3 rings (SSSR count). The number of amides is 1. The Bertz CT molecular complexity index is 956. The summed E-state index contributed by atoms with van der Waals surface area (Å²) in [6, 6.07) is 11.6. The van der Waals surface area contributed by atoms with Crippen molar-refractivity contribution in [2.45, 2.75) is 20.8 Å². The van der Waals surface area contributed by atoms with Crippen molar-refractivity contribution < 1.29 is 9.53 Å². The fourth-order valence-corrected chi connectivity index (χ4v) is 3.20. The van der Waals surface area contributed by atoms with Crippen LogP contribution in [-0.2, 0) is 0 Å². The van der Waals surface area contributed by atoms with Gasteiger partial charge >= 0.3 is 0 Å². The van der Waals surface area contributed by atoms with Crippen LogP contribution in [0.2, 0.25) is 0 Å². The van der Waals surface area contributed by atoms with Crippen LogP contribution in [0.5, 0.6) is 5.75 Å². The maximum atomic E-state index is 12.8. The number of H-pyrrole nitrogens is 1. The fourth-order valence-electron chi connectivity index (χ4n) is 3.20. The number of hydrogen-bond acceptors (Lipinski definition) is 3. The third kappa shape index (κ3) is 4.14. The minimum absolute atomic E-state index is 0.135. The highest BCUT2D eigenvalue weighted by molar-refractivity contribution is 6.08. The number of likely N-dealkylation sites (N-methyl/N-ethyl adjacent to an activating group) is 1. The molecule has 0 radical (unpaired) electrons. The Morgan fingerprint density at radius 3 is 2.33 bits per heavy atom. The summed E-state index contributed by atoms with van der Waals surface area (Å²) in [5, 5.41) is 4.10. The summed E-state index contributed by atoms with van der Waals surface area (Å²) in [6.45, 7) is 7.60. The first kappa shape index (κ1) is 19.0. The van der Waals surface area contributed by atoms with Gasteiger partial charge in [-0.15, -0.1) is 0 Å². The van der Waals surface area contributed by atoms with E-state index in [1.807, 2.05) is 45.3 Å². The van der Waals surface area contributed by atoms with Gasteiger partial charge in [0.1, 0.15) is 18.1 Å². The van der Waals surface area contributed by atoms with Crippen LogP contribution in [0.25, 0.3) is 10.9 Å². The van der Waals surface area contributed by atoms with Crippen molar-refractivity contribution in [3.63, 3.8) is 0 Å². The first-order chi connectivity index (χ1) is 12.9. The minimum atomic E-state index is -0.135. The van der Waals surface area contributed by atoms with E-state index < -0.39 is 0 Å². The van der Waals surface area contributed by atoms with Gasteiger partial charge in [-0.1, -0.05) is 12.1 Å². The molecule has 27 heavy (non-hydrogen) atoms. The van der Waals surface area contributed by atoms with Crippen LogP contribution >= 0.6 is 0 Å². The second-order valence-electron chi connectivity index (χ2n) is 7.20. The highest BCUT2D eigenvalue weighted by Crippen LogP contribution is 2.28. The summed E-state index contributed by atoms with van der Waals surface area (Å²) in [5.74, 6) is 0.659. The van der Waals surface area contributed by atoms with Gasteiger partial charge in [-0.05, 0) is 75.8 Å². The number of hydrogen-bond donors (Lipinski definition) is 2. The lowest BCUT2D eigenvalue weighted by molar-refractivity contribution is 0.102. The Labute approximate surface area is 160 Å². The molecule has 0 saturated heterocycles. The molecule has 1 heterocycles. The summed E-state index contributed by atoms with van der Waals surface area (Å²) in [5.41, 5.74) is 5.66. The van der Waals surface area contributed by atoms with Gasteiger partial charge in [0, 0.05) is 23.1 Å². The van der Waals surface area contributed by atoms with Crippen molar-refractivity contribution in [1.82, 2.24) is 9.88 Å². The van der Waals surface area contributed by atoms with E-state index in [0.717, 1.165) is 40.0 Å². The molecule has 1 aromatic heterocycles. The lowest BCUT2D eigenvalue weighted by atomic mass is 10.0. The molecule has 2 aromatic carbocycles. The summed E-state index contributed by atoms with van der Waals surface area (Å²) in [7, 11) is 4.02. The SMILES string of the molecule is Cc1ccc(C)c2c(C)c(C(=O)Nc3ccc(OCCN(C)C)cc3)[nH]c12. The van der Waals surface area contributed by atoms with Crippen LogP contribution in [0.3, 0.4) is 0 Å². The summed E-state index contributed by atoms with van der Waals surface area (Å²) < 4.78 is 5.69. The molecule has 5 heteroatoms. The second-order valence-corrected chi connectivity index (χ2v) is 7.20. The van der Waals surface area contributed by atoms with E-state index in [0.29, 0.717) is 12.3 Å². The molecule has 0 fully saturated rings. The van der Waals surface area contributed by atoms with Crippen LogP contribution in [0.4, 0.5) is 5.69 Å². The molecule has 0 atom stereocenters. The number of aryl methyl sites for hydroxylation is 3. The first-order valence-corrected chi connectivity index (χ1v) is 9.14. The molecule has 0 aliphatic heterocycles. The molecule has 0 unspecified atom stereocenters. The summed E-state index contributed by atoms with van der Waals surface area (Å²) in [6.07, 6.45) is 0. The molecule has 142 valence electrons. The molecular formula is C22H27N3O2. The number of aromatic amines is 1. The maximum absolute atomic E-state index is 12.8. The lowest BCUT2D eigenvalue weighted by Gasteiger charge is -2.11. The van der Waals surface area contributed by atoms with Crippen molar-refractivity contribution in [3.8, 4) is 5.75 Å². The lowest BCUT2D eigenvalue weighted by Crippen LogP contribution is -2.19. The summed E-state index contributed by atoms with van der Waals surface area (Å²) >= 11 is 0. The third-order valence-corrected chi connectivity index (χ3v) is 4.77. The third-order valence-electron chi connectivity index (χ3n) is 4.77. The standard InChI is InChI=1S/C22H27N3O2/c1-14-6-7-15(2)20-19(14)16(3)21(24-20)22(26)23-17-8-10-18(11-9-17)27-13-12-25(4)5/h6-11,24H,12-13H2,1-5H3,(H,23,26). The van der Waals surface area contributed by atoms with Gasteiger partial charge in [0.15, 0.2) is 0 Å². The topological polar surface area (TPSA) is 57.4 Å². The van der Waals surface area contributed by atoms with Crippen LogP contribution in [0.15, 0.2) is 36.4 Å². The monoisotopic (exact) mass is 365 g/mol. The Hall–Kier alpha value is -2.79. The van der Waals surface area contributed by atoms with Gasteiger partial charge in [-0.25, -0.2) is 0 Å². The predicted molar refractivity (Wildman–Crippen MR) is 111 cm³/mol. The number of nitrogens with one attached hydrogen (secondary N) is 2. The quantitative estimate of drug-likeness (QED) is 0.685. The molecule has 0 bridgehead atoms. The van der Waals surface area contributed by atoms with E-state index in [9.17, 15) is 4.79 Å². The fraction of sp³-hybridized carbons (Fsp3) is 0.318. The normalized spacial score (nSPS) is 11.2. The minimum Gasteiger partial charge on any atom is -0.492 e. The molecule has 1 amide bonds. The van der Waals surface area contributed by atoms with Gasteiger partial charge in [-0.2, -0.15) is 0 Å². The first-order valence-electron chi connectivity index (χ1n) is 9.14. The highest BCUT2D eigenvalue weighted by Gasteiger charge is 2.17. The van der Waals surface area contributed by atoms with Gasteiger partial charge < -0.3 is 19.9 Å². The Kier molecular flexibility index (Phi) is 5.51. The van der Waals surface area contributed by atoms with Crippen molar-refractivity contribution in [2.24, 2.45) is 0 Å². The molecule has 0 spiro atoms. The average molecular weight is 365 g/mol. The molecule has 3 aromatic rings. The maximum Gasteiger partial charge on any atom is 0.272 e. The highest BCUT2D eigenvalue weighted by atomic mass is 16.5. The van der Waals surface area contributed by atoms with Gasteiger partial charge in [0.05, 0.1) is 0 Å². The van der Waals surface area contributed by atoms with Gasteiger partial charge in [-0.3, -0.25) is 4.79 Å². The van der Waals surface area contributed by atoms with E-state index >= 15 is 0 Å². The van der Waals surface area contributed by atoms with Crippen LogP contribution in [-0.4, -0.2) is 43.0 Å². The zero-order valence-corrected chi connectivity index (χ0v) is 16.6. The second kappa shape index (κ2) is 7.84. The number of anilines is 1.